The molecule has 0 saturated carbocycles. The molecule has 1 aromatic carbocycles. The molecule has 1 aliphatic rings. The number of nitrogens with two attached hydrogens (primary N) is 2. The molecule has 0 spiro atoms. The number of nitrogens with one attached hydrogen (secondary N) is 1. The normalized spacial score (nSPS) is 23.6. The van der Waals surface area contributed by atoms with Crippen LogP contribution in [0, 0.1) is 0 Å². The van der Waals surface area contributed by atoms with Gasteiger partial charge < -0.3 is 26.8 Å². The summed E-state index contributed by atoms with van der Waals surface area (Å²) in [6.07, 6.45) is 0.996. The summed E-state index contributed by atoms with van der Waals surface area (Å²) in [5, 5.41) is 12.0. The smallest absolute Gasteiger partial charge is 0.0566 e. The molecule has 0 amide bonds. The van der Waals surface area contributed by atoms with Gasteiger partial charge in [-0.3, -0.25) is 0 Å². The number of nitrogens with zero attached hydrogens (tertiary/aromatic N) is 1. The molecular weight excluding hydrogens is 228 g/mol. The van der Waals surface area contributed by atoms with Gasteiger partial charge in [0.25, 0.3) is 0 Å². The zero-order chi connectivity index (χ0) is 13.0. The highest BCUT2D eigenvalue weighted by Gasteiger charge is 2.31. The van der Waals surface area contributed by atoms with E-state index in [0.29, 0.717) is 6.54 Å². The molecule has 1 saturated heterocycles. The van der Waals surface area contributed by atoms with E-state index >= 15 is 0 Å². The Balaban J connectivity index is 2.03. The van der Waals surface area contributed by atoms with Crippen molar-refractivity contribution in [2.45, 2.75) is 18.5 Å². The Labute approximate surface area is 108 Å². The van der Waals surface area contributed by atoms with Gasteiger partial charge in [0.05, 0.1) is 12.6 Å². The number of hydrogen-bond donors (Lipinski definition) is 4. The quantitative estimate of drug-likeness (QED) is 0.428. The highest BCUT2D eigenvalue weighted by atomic mass is 16.3. The van der Waals surface area contributed by atoms with Gasteiger partial charge in [0.1, 0.15) is 0 Å². The summed E-state index contributed by atoms with van der Waals surface area (Å²) in [7, 11) is 0. The summed E-state index contributed by atoms with van der Waals surface area (Å²) in [6.45, 7) is 2.53. The molecule has 1 fully saturated rings. The molecule has 0 bridgehead atoms. The number of nitrogen functional groups attached to an aromatic ring is 1. The second-order valence-electron chi connectivity index (χ2n) is 4.73. The third-order valence-corrected chi connectivity index (χ3v) is 3.46. The van der Waals surface area contributed by atoms with Crippen LogP contribution in [0.1, 0.15) is 6.42 Å². The van der Waals surface area contributed by atoms with Crippen molar-refractivity contribution in [1.82, 2.24) is 5.32 Å². The standard InChI is InChI=1S/C13H22N4O/c14-10-1-3-11(4-2-10)17-7-5-12(15)13(17)9-16-6-8-18/h1-4,12-13,16,18H,5-9,14-15H2. The zero-order valence-electron chi connectivity index (χ0n) is 10.5. The SMILES string of the molecule is Nc1ccc(N2CCC(N)C2CNCCO)cc1. The zero-order valence-corrected chi connectivity index (χ0v) is 10.5. The Kier molecular flexibility index (Phi) is 4.41. The first-order valence-electron chi connectivity index (χ1n) is 6.41. The Bertz CT molecular complexity index is 368. The van der Waals surface area contributed by atoms with Gasteiger partial charge in [-0.15, -0.1) is 0 Å². The van der Waals surface area contributed by atoms with Crippen LogP contribution in [0.3, 0.4) is 0 Å². The molecule has 0 aliphatic carbocycles. The van der Waals surface area contributed by atoms with E-state index in [9.17, 15) is 0 Å². The largest absolute Gasteiger partial charge is 0.399 e. The summed E-state index contributed by atoms with van der Waals surface area (Å²) in [5.41, 5.74) is 13.8. The van der Waals surface area contributed by atoms with Crippen LogP contribution in [0.15, 0.2) is 24.3 Å². The Hall–Kier alpha value is -1.30. The molecule has 0 radical (unpaired) electrons. The fraction of sp³-hybridized carbons (Fsp3) is 0.538. The van der Waals surface area contributed by atoms with Crippen LogP contribution in [-0.4, -0.2) is 43.4 Å². The molecule has 1 aliphatic heterocycles. The van der Waals surface area contributed by atoms with Gasteiger partial charge in [0.2, 0.25) is 0 Å². The molecule has 6 N–H and O–H groups in total. The van der Waals surface area contributed by atoms with E-state index in [-0.39, 0.29) is 18.7 Å². The molecule has 5 nitrogen and oxygen atoms in total. The number of hydrogen-bond acceptors (Lipinski definition) is 5. The number of benzene rings is 1. The van der Waals surface area contributed by atoms with Crippen LogP contribution in [0.4, 0.5) is 11.4 Å². The minimum absolute atomic E-state index is 0.157. The highest BCUT2D eigenvalue weighted by molar-refractivity contribution is 5.54. The summed E-state index contributed by atoms with van der Waals surface area (Å²) in [6, 6.07) is 8.35. The lowest BCUT2D eigenvalue weighted by atomic mass is 10.1. The second-order valence-corrected chi connectivity index (χ2v) is 4.73. The van der Waals surface area contributed by atoms with Crippen molar-refractivity contribution >= 4 is 11.4 Å². The van der Waals surface area contributed by atoms with Gasteiger partial charge in [-0.25, -0.2) is 0 Å². The van der Waals surface area contributed by atoms with Crippen molar-refractivity contribution in [3.8, 4) is 0 Å². The average Bonchev–Trinajstić information content (AvgIpc) is 2.73. The van der Waals surface area contributed by atoms with Crippen LogP contribution in [0.2, 0.25) is 0 Å². The lowest BCUT2D eigenvalue weighted by Crippen LogP contribution is -2.47. The van der Waals surface area contributed by atoms with E-state index in [1.54, 1.807) is 0 Å². The summed E-state index contributed by atoms with van der Waals surface area (Å²) < 4.78 is 0. The minimum Gasteiger partial charge on any atom is -0.399 e. The summed E-state index contributed by atoms with van der Waals surface area (Å²) >= 11 is 0. The van der Waals surface area contributed by atoms with Crippen molar-refractivity contribution in [1.29, 1.82) is 0 Å². The first-order chi connectivity index (χ1) is 8.72. The van der Waals surface area contributed by atoms with E-state index in [2.05, 4.69) is 10.2 Å². The van der Waals surface area contributed by atoms with Crippen molar-refractivity contribution in [2.75, 3.05) is 36.9 Å². The Morgan fingerprint density at radius 3 is 2.72 bits per heavy atom. The lowest BCUT2D eigenvalue weighted by molar-refractivity contribution is 0.290. The van der Waals surface area contributed by atoms with Crippen molar-refractivity contribution < 1.29 is 5.11 Å². The molecule has 1 heterocycles. The van der Waals surface area contributed by atoms with Crippen LogP contribution in [-0.2, 0) is 0 Å². The van der Waals surface area contributed by atoms with Crippen molar-refractivity contribution in [3.63, 3.8) is 0 Å². The van der Waals surface area contributed by atoms with Gasteiger partial charge in [-0.2, -0.15) is 0 Å². The van der Waals surface area contributed by atoms with Gasteiger partial charge in [-0.05, 0) is 30.7 Å². The number of anilines is 2. The van der Waals surface area contributed by atoms with Crippen LogP contribution in [0.25, 0.3) is 0 Å². The van der Waals surface area contributed by atoms with Crippen LogP contribution < -0.4 is 21.7 Å². The molecule has 18 heavy (non-hydrogen) atoms. The van der Waals surface area contributed by atoms with E-state index < -0.39 is 0 Å². The maximum Gasteiger partial charge on any atom is 0.0566 e. The number of aliphatic hydroxyl groups excluding tert-OH is 1. The fourth-order valence-corrected chi connectivity index (χ4v) is 2.45. The van der Waals surface area contributed by atoms with Gasteiger partial charge in [0.15, 0.2) is 0 Å². The second kappa shape index (κ2) is 6.04. The Morgan fingerprint density at radius 2 is 2.06 bits per heavy atom. The molecule has 2 unspecified atom stereocenters. The molecule has 2 atom stereocenters. The van der Waals surface area contributed by atoms with E-state index in [1.807, 2.05) is 24.3 Å². The molecule has 100 valence electrons. The predicted octanol–water partition coefficient (Wildman–Crippen LogP) is -0.243. The average molecular weight is 250 g/mol. The maximum atomic E-state index is 8.80. The van der Waals surface area contributed by atoms with Crippen LogP contribution in [0.5, 0.6) is 0 Å². The van der Waals surface area contributed by atoms with Crippen LogP contribution >= 0.6 is 0 Å². The summed E-state index contributed by atoms with van der Waals surface area (Å²) in [4.78, 5) is 2.31. The Morgan fingerprint density at radius 1 is 1.33 bits per heavy atom. The van der Waals surface area contributed by atoms with Gasteiger partial charge >= 0.3 is 0 Å². The first-order valence-corrected chi connectivity index (χ1v) is 6.41. The predicted molar refractivity (Wildman–Crippen MR) is 74.5 cm³/mol. The molecule has 5 heteroatoms. The van der Waals surface area contributed by atoms with Crippen molar-refractivity contribution in [3.05, 3.63) is 24.3 Å². The van der Waals surface area contributed by atoms with Crippen molar-refractivity contribution in [2.24, 2.45) is 5.73 Å². The van der Waals surface area contributed by atoms with Gasteiger partial charge in [-0.1, -0.05) is 0 Å². The van der Waals surface area contributed by atoms with E-state index in [0.717, 1.165) is 30.9 Å². The molecule has 0 aromatic heterocycles. The van der Waals surface area contributed by atoms with E-state index in [1.165, 1.54) is 0 Å². The fourth-order valence-electron chi connectivity index (χ4n) is 2.45. The minimum atomic E-state index is 0.157. The monoisotopic (exact) mass is 250 g/mol. The first kappa shape index (κ1) is 13.1. The molecular formula is C13H22N4O. The molecule has 1 aromatic rings. The topological polar surface area (TPSA) is 87.5 Å². The lowest BCUT2D eigenvalue weighted by Gasteiger charge is -2.29. The maximum absolute atomic E-state index is 8.80. The van der Waals surface area contributed by atoms with E-state index in [4.69, 9.17) is 16.6 Å². The number of aliphatic hydroxyl groups is 1. The molecule has 2 rings (SSSR count). The summed E-state index contributed by atoms with van der Waals surface area (Å²) in [5.74, 6) is 0. The third-order valence-electron chi connectivity index (χ3n) is 3.46. The highest BCUT2D eigenvalue weighted by Crippen LogP contribution is 2.25. The number of rotatable bonds is 5. The third kappa shape index (κ3) is 2.93. The van der Waals surface area contributed by atoms with Gasteiger partial charge in [0, 0.05) is 37.1 Å².